The number of fused-ring (bicyclic) bond motifs is 1. The molecule has 0 aliphatic carbocycles. The van der Waals surface area contributed by atoms with Gasteiger partial charge in [0.05, 0.1) is 5.69 Å². The summed E-state index contributed by atoms with van der Waals surface area (Å²) in [5, 5.41) is 8.63. The fourth-order valence-electron chi connectivity index (χ4n) is 2.25. The van der Waals surface area contributed by atoms with Crippen molar-refractivity contribution in [2.45, 2.75) is 26.3 Å². The number of nitrogens with zero attached hydrogens (tertiary/aromatic N) is 3. The quantitative estimate of drug-likeness (QED) is 0.867. The topological polar surface area (TPSA) is 74.9 Å². The summed E-state index contributed by atoms with van der Waals surface area (Å²) in [5.74, 6) is -0.791. The van der Waals surface area contributed by atoms with Crippen molar-refractivity contribution in [1.82, 2.24) is 14.3 Å². The van der Waals surface area contributed by atoms with Gasteiger partial charge in [0.2, 0.25) is 0 Å². The standard InChI is InChI=1S/C15H19N3O3/c1-11-5-3-8-18-13(19)9-12(16-15(11)18)10-17(2)7-4-6-14(20)21/h3,5,8-9H,4,6-7,10H2,1-2H3,(H,20,21). The summed E-state index contributed by atoms with van der Waals surface area (Å²) in [6.45, 7) is 3.10. The highest BCUT2D eigenvalue weighted by atomic mass is 16.4. The Morgan fingerprint density at radius 1 is 1.48 bits per heavy atom. The first-order valence-corrected chi connectivity index (χ1v) is 6.85. The molecule has 0 aliphatic heterocycles. The van der Waals surface area contributed by atoms with Gasteiger partial charge in [0.25, 0.3) is 5.56 Å². The fourth-order valence-corrected chi connectivity index (χ4v) is 2.25. The molecule has 0 aromatic carbocycles. The van der Waals surface area contributed by atoms with Crippen molar-refractivity contribution in [1.29, 1.82) is 0 Å². The van der Waals surface area contributed by atoms with E-state index in [1.807, 2.05) is 31.0 Å². The summed E-state index contributed by atoms with van der Waals surface area (Å²) >= 11 is 0. The van der Waals surface area contributed by atoms with Crippen molar-refractivity contribution in [3.63, 3.8) is 0 Å². The molecule has 2 heterocycles. The summed E-state index contributed by atoms with van der Waals surface area (Å²) in [5.41, 5.74) is 2.22. The van der Waals surface area contributed by atoms with Crippen LogP contribution in [0, 0.1) is 6.92 Å². The van der Waals surface area contributed by atoms with Gasteiger partial charge in [-0.1, -0.05) is 6.07 Å². The van der Waals surface area contributed by atoms with E-state index >= 15 is 0 Å². The second-order valence-corrected chi connectivity index (χ2v) is 5.21. The average Bonchev–Trinajstić information content (AvgIpc) is 2.39. The van der Waals surface area contributed by atoms with Crippen LogP contribution in [0.2, 0.25) is 0 Å². The Kier molecular flexibility index (Phi) is 4.70. The predicted molar refractivity (Wildman–Crippen MR) is 79.4 cm³/mol. The van der Waals surface area contributed by atoms with Gasteiger partial charge in [-0.25, -0.2) is 4.98 Å². The minimum atomic E-state index is -0.791. The minimum Gasteiger partial charge on any atom is -0.481 e. The molecule has 0 saturated heterocycles. The molecule has 112 valence electrons. The summed E-state index contributed by atoms with van der Waals surface area (Å²) in [4.78, 5) is 29.1. The normalized spacial score (nSPS) is 11.2. The lowest BCUT2D eigenvalue weighted by Crippen LogP contribution is -2.23. The smallest absolute Gasteiger partial charge is 0.303 e. The number of rotatable bonds is 6. The van der Waals surface area contributed by atoms with Crippen molar-refractivity contribution in [2.24, 2.45) is 0 Å². The number of aromatic nitrogens is 2. The second-order valence-electron chi connectivity index (χ2n) is 5.21. The molecule has 0 atom stereocenters. The number of hydrogen-bond acceptors (Lipinski definition) is 4. The van der Waals surface area contributed by atoms with Crippen LogP contribution in [0.25, 0.3) is 5.65 Å². The van der Waals surface area contributed by atoms with Gasteiger partial charge in [-0.3, -0.25) is 14.0 Å². The van der Waals surface area contributed by atoms with Gasteiger partial charge >= 0.3 is 5.97 Å². The molecule has 0 saturated carbocycles. The number of aliphatic carboxylic acids is 1. The molecule has 2 aromatic heterocycles. The first-order valence-electron chi connectivity index (χ1n) is 6.85. The van der Waals surface area contributed by atoms with Crippen LogP contribution in [0.5, 0.6) is 0 Å². The summed E-state index contributed by atoms with van der Waals surface area (Å²) < 4.78 is 1.53. The van der Waals surface area contributed by atoms with Gasteiger partial charge in [-0.15, -0.1) is 0 Å². The zero-order valence-corrected chi connectivity index (χ0v) is 12.2. The minimum absolute atomic E-state index is 0.0994. The third-order valence-electron chi connectivity index (χ3n) is 3.30. The van der Waals surface area contributed by atoms with E-state index in [1.54, 1.807) is 6.20 Å². The lowest BCUT2D eigenvalue weighted by Gasteiger charge is -2.16. The molecule has 0 bridgehead atoms. The molecule has 1 N–H and O–H groups in total. The van der Waals surface area contributed by atoms with Crippen molar-refractivity contribution in [2.75, 3.05) is 13.6 Å². The largest absolute Gasteiger partial charge is 0.481 e. The van der Waals surface area contributed by atoms with Crippen LogP contribution in [0.4, 0.5) is 0 Å². The molecular weight excluding hydrogens is 270 g/mol. The first-order chi connectivity index (χ1) is 9.97. The molecule has 0 amide bonds. The van der Waals surface area contributed by atoms with Crippen LogP contribution in [0.1, 0.15) is 24.1 Å². The Bertz CT molecular complexity index is 709. The van der Waals surface area contributed by atoms with E-state index in [1.165, 1.54) is 10.5 Å². The molecular formula is C15H19N3O3. The number of hydrogen-bond donors (Lipinski definition) is 1. The van der Waals surface area contributed by atoms with E-state index in [0.29, 0.717) is 30.9 Å². The Balaban J connectivity index is 2.14. The Morgan fingerprint density at radius 2 is 2.24 bits per heavy atom. The number of carboxylic acid groups (broad SMARTS) is 1. The molecule has 0 aliphatic rings. The molecule has 2 aromatic rings. The van der Waals surface area contributed by atoms with Crippen LogP contribution >= 0.6 is 0 Å². The fraction of sp³-hybridized carbons (Fsp3) is 0.400. The maximum absolute atomic E-state index is 12.1. The highest BCUT2D eigenvalue weighted by molar-refractivity contribution is 5.66. The highest BCUT2D eigenvalue weighted by Gasteiger charge is 2.07. The van der Waals surface area contributed by atoms with Crippen molar-refractivity contribution in [3.05, 3.63) is 46.0 Å². The van der Waals surface area contributed by atoms with E-state index in [2.05, 4.69) is 4.98 Å². The monoisotopic (exact) mass is 289 g/mol. The maximum Gasteiger partial charge on any atom is 0.303 e. The van der Waals surface area contributed by atoms with Gasteiger partial charge in [0.1, 0.15) is 5.65 Å². The number of carbonyl (C=O) groups is 1. The molecule has 2 rings (SSSR count). The highest BCUT2D eigenvalue weighted by Crippen LogP contribution is 2.07. The molecule has 21 heavy (non-hydrogen) atoms. The zero-order chi connectivity index (χ0) is 15.4. The van der Waals surface area contributed by atoms with Gasteiger partial charge in [0, 0.05) is 25.2 Å². The van der Waals surface area contributed by atoms with Gasteiger partial charge < -0.3 is 10.0 Å². The van der Waals surface area contributed by atoms with E-state index in [9.17, 15) is 9.59 Å². The number of carboxylic acids is 1. The maximum atomic E-state index is 12.1. The number of aryl methyl sites for hydroxylation is 1. The zero-order valence-electron chi connectivity index (χ0n) is 12.2. The second kappa shape index (κ2) is 6.49. The van der Waals surface area contributed by atoms with Gasteiger partial charge in [0.15, 0.2) is 0 Å². The lowest BCUT2D eigenvalue weighted by molar-refractivity contribution is -0.137. The van der Waals surface area contributed by atoms with E-state index in [-0.39, 0.29) is 12.0 Å². The summed E-state index contributed by atoms with van der Waals surface area (Å²) in [6.07, 6.45) is 2.44. The van der Waals surface area contributed by atoms with E-state index < -0.39 is 5.97 Å². The Morgan fingerprint density at radius 3 is 2.95 bits per heavy atom. The Hall–Kier alpha value is -2.21. The summed E-state index contributed by atoms with van der Waals surface area (Å²) in [6, 6.07) is 5.27. The van der Waals surface area contributed by atoms with Crippen LogP contribution in [0.15, 0.2) is 29.2 Å². The molecule has 0 fully saturated rings. The molecule has 0 radical (unpaired) electrons. The predicted octanol–water partition coefficient (Wildman–Crippen LogP) is 1.30. The Labute approximate surface area is 122 Å². The van der Waals surface area contributed by atoms with E-state index in [0.717, 1.165) is 5.56 Å². The summed E-state index contributed by atoms with van der Waals surface area (Å²) in [7, 11) is 1.89. The van der Waals surface area contributed by atoms with Crippen molar-refractivity contribution >= 4 is 11.6 Å². The van der Waals surface area contributed by atoms with Crippen LogP contribution < -0.4 is 5.56 Å². The lowest BCUT2D eigenvalue weighted by atomic mass is 10.2. The molecule has 6 heteroatoms. The first kappa shape index (κ1) is 15.2. The van der Waals surface area contributed by atoms with Gasteiger partial charge in [-0.2, -0.15) is 0 Å². The SMILES string of the molecule is Cc1cccn2c(=O)cc(CN(C)CCCC(=O)O)nc12. The van der Waals surface area contributed by atoms with Crippen molar-refractivity contribution < 1.29 is 9.90 Å². The van der Waals surface area contributed by atoms with Crippen LogP contribution in [-0.2, 0) is 11.3 Å². The van der Waals surface area contributed by atoms with Crippen LogP contribution in [0.3, 0.4) is 0 Å². The number of pyridine rings is 1. The molecule has 0 unspecified atom stereocenters. The molecule has 6 nitrogen and oxygen atoms in total. The van der Waals surface area contributed by atoms with Crippen molar-refractivity contribution in [3.8, 4) is 0 Å². The third kappa shape index (κ3) is 3.88. The van der Waals surface area contributed by atoms with Gasteiger partial charge in [-0.05, 0) is 38.6 Å². The van der Waals surface area contributed by atoms with Crippen LogP contribution in [-0.4, -0.2) is 39.0 Å². The molecule has 0 spiro atoms. The van der Waals surface area contributed by atoms with E-state index in [4.69, 9.17) is 5.11 Å². The average molecular weight is 289 g/mol. The third-order valence-corrected chi connectivity index (χ3v) is 3.30.